The van der Waals surface area contributed by atoms with Crippen molar-refractivity contribution in [3.05, 3.63) is 53.6 Å². The zero-order chi connectivity index (χ0) is 17.0. The van der Waals surface area contributed by atoms with Gasteiger partial charge in [-0.2, -0.15) is 0 Å². The molecule has 2 aromatic carbocycles. The van der Waals surface area contributed by atoms with Gasteiger partial charge in [0, 0.05) is 6.07 Å². The highest BCUT2D eigenvalue weighted by molar-refractivity contribution is 7.92. The van der Waals surface area contributed by atoms with E-state index in [0.29, 0.717) is 11.6 Å². The third-order valence-electron chi connectivity index (χ3n) is 2.62. The standard InChI is InChI=1S/C14H12F2N2O4S/c1-23(20,21)18-12-4-2-9(8-17-19)6-14(12)22-13-5-3-10(15)7-11(13)16/h2-8,18-19H,1H3/b17-8+. The summed E-state index contributed by atoms with van der Waals surface area (Å²) in [4.78, 5) is 0. The number of ether oxygens (including phenoxy) is 1. The van der Waals surface area contributed by atoms with Gasteiger partial charge in [-0.1, -0.05) is 11.2 Å². The number of benzene rings is 2. The van der Waals surface area contributed by atoms with Crippen LogP contribution in [0.2, 0.25) is 0 Å². The number of oxime groups is 1. The topological polar surface area (TPSA) is 88.0 Å². The number of hydrogen-bond donors (Lipinski definition) is 2. The third kappa shape index (κ3) is 4.65. The molecule has 0 aromatic heterocycles. The fourth-order valence-electron chi connectivity index (χ4n) is 1.73. The second-order valence-electron chi connectivity index (χ2n) is 4.55. The van der Waals surface area contributed by atoms with Crippen molar-refractivity contribution in [1.82, 2.24) is 0 Å². The molecule has 0 aliphatic carbocycles. The second kappa shape index (κ2) is 6.61. The summed E-state index contributed by atoms with van der Waals surface area (Å²) in [6.45, 7) is 0. The van der Waals surface area contributed by atoms with Crippen LogP contribution < -0.4 is 9.46 Å². The molecular formula is C14H12F2N2O4S. The monoisotopic (exact) mass is 342 g/mol. The number of rotatable bonds is 5. The highest BCUT2D eigenvalue weighted by Gasteiger charge is 2.13. The normalized spacial score (nSPS) is 11.6. The first kappa shape index (κ1) is 16.7. The van der Waals surface area contributed by atoms with Crippen LogP contribution in [0.3, 0.4) is 0 Å². The molecule has 0 fully saturated rings. The van der Waals surface area contributed by atoms with Gasteiger partial charge in [0.1, 0.15) is 5.82 Å². The van der Waals surface area contributed by atoms with Gasteiger partial charge in [-0.05, 0) is 29.8 Å². The van der Waals surface area contributed by atoms with Crippen LogP contribution in [0.25, 0.3) is 0 Å². The lowest BCUT2D eigenvalue weighted by atomic mass is 10.2. The van der Waals surface area contributed by atoms with Crippen LogP contribution in [-0.2, 0) is 10.0 Å². The van der Waals surface area contributed by atoms with E-state index < -0.39 is 21.7 Å². The van der Waals surface area contributed by atoms with Gasteiger partial charge in [0.2, 0.25) is 10.0 Å². The molecular weight excluding hydrogens is 330 g/mol. The molecule has 0 spiro atoms. The average molecular weight is 342 g/mol. The number of hydrogen-bond acceptors (Lipinski definition) is 5. The Kier molecular flexibility index (Phi) is 4.80. The highest BCUT2D eigenvalue weighted by Crippen LogP contribution is 2.32. The van der Waals surface area contributed by atoms with Crippen LogP contribution in [0.1, 0.15) is 5.56 Å². The molecule has 0 saturated carbocycles. The predicted octanol–water partition coefficient (Wildman–Crippen LogP) is 2.94. The van der Waals surface area contributed by atoms with Crippen LogP contribution in [-0.4, -0.2) is 26.1 Å². The molecule has 0 radical (unpaired) electrons. The van der Waals surface area contributed by atoms with Gasteiger partial charge in [0.15, 0.2) is 17.3 Å². The predicted molar refractivity (Wildman–Crippen MR) is 80.7 cm³/mol. The van der Waals surface area contributed by atoms with Gasteiger partial charge < -0.3 is 9.94 Å². The summed E-state index contributed by atoms with van der Waals surface area (Å²) >= 11 is 0. The minimum Gasteiger partial charge on any atom is -0.452 e. The van der Waals surface area contributed by atoms with Gasteiger partial charge in [-0.3, -0.25) is 4.72 Å². The van der Waals surface area contributed by atoms with Crippen molar-refractivity contribution < 1.29 is 27.1 Å². The maximum absolute atomic E-state index is 13.7. The van der Waals surface area contributed by atoms with Crippen molar-refractivity contribution in [1.29, 1.82) is 0 Å². The van der Waals surface area contributed by atoms with Crippen LogP contribution in [0, 0.1) is 11.6 Å². The highest BCUT2D eigenvalue weighted by atomic mass is 32.2. The number of anilines is 1. The molecule has 2 rings (SSSR count). The molecule has 0 amide bonds. The summed E-state index contributed by atoms with van der Waals surface area (Å²) in [7, 11) is -3.60. The fraction of sp³-hybridized carbons (Fsp3) is 0.0714. The lowest BCUT2D eigenvalue weighted by Gasteiger charge is -2.13. The zero-order valence-corrected chi connectivity index (χ0v) is 12.6. The van der Waals surface area contributed by atoms with E-state index >= 15 is 0 Å². The number of halogens is 2. The van der Waals surface area contributed by atoms with E-state index in [4.69, 9.17) is 9.94 Å². The van der Waals surface area contributed by atoms with E-state index in [9.17, 15) is 17.2 Å². The van der Waals surface area contributed by atoms with E-state index in [1.165, 1.54) is 18.2 Å². The van der Waals surface area contributed by atoms with E-state index in [2.05, 4.69) is 9.88 Å². The summed E-state index contributed by atoms with van der Waals surface area (Å²) in [6, 6.07) is 6.85. The van der Waals surface area contributed by atoms with Crippen LogP contribution in [0.4, 0.5) is 14.5 Å². The number of nitrogens with zero attached hydrogens (tertiary/aromatic N) is 1. The Labute approximate surface area is 131 Å². The zero-order valence-electron chi connectivity index (χ0n) is 11.8. The maximum Gasteiger partial charge on any atom is 0.229 e. The van der Waals surface area contributed by atoms with Crippen molar-refractivity contribution in [2.75, 3.05) is 11.0 Å². The molecule has 23 heavy (non-hydrogen) atoms. The maximum atomic E-state index is 13.7. The Morgan fingerprint density at radius 2 is 1.91 bits per heavy atom. The Hall–Kier alpha value is -2.68. The number of nitrogens with one attached hydrogen (secondary N) is 1. The lowest BCUT2D eigenvalue weighted by molar-refractivity contribution is 0.322. The Morgan fingerprint density at radius 1 is 1.17 bits per heavy atom. The molecule has 0 unspecified atom stereocenters. The van der Waals surface area contributed by atoms with Gasteiger partial charge in [0.05, 0.1) is 18.2 Å². The second-order valence-corrected chi connectivity index (χ2v) is 6.30. The van der Waals surface area contributed by atoms with E-state index in [1.54, 1.807) is 0 Å². The Bertz CT molecular complexity index is 854. The molecule has 2 aromatic rings. The SMILES string of the molecule is CS(=O)(=O)Nc1ccc(/C=N/O)cc1Oc1ccc(F)cc1F. The lowest BCUT2D eigenvalue weighted by Crippen LogP contribution is -2.10. The Morgan fingerprint density at radius 3 is 2.52 bits per heavy atom. The largest absolute Gasteiger partial charge is 0.452 e. The molecule has 0 bridgehead atoms. The average Bonchev–Trinajstić information content (AvgIpc) is 2.43. The molecule has 0 saturated heterocycles. The summed E-state index contributed by atoms with van der Waals surface area (Å²) in [5, 5.41) is 11.4. The molecule has 0 atom stereocenters. The summed E-state index contributed by atoms with van der Waals surface area (Å²) < 4.78 is 56.9. The Balaban J connectivity index is 2.46. The number of sulfonamides is 1. The van der Waals surface area contributed by atoms with Crippen molar-refractivity contribution in [3.63, 3.8) is 0 Å². The van der Waals surface area contributed by atoms with Gasteiger partial charge in [-0.15, -0.1) is 0 Å². The quantitative estimate of drug-likeness (QED) is 0.497. The first-order valence-corrected chi connectivity index (χ1v) is 8.10. The van der Waals surface area contributed by atoms with Crippen LogP contribution in [0.5, 0.6) is 11.5 Å². The molecule has 122 valence electrons. The molecule has 0 heterocycles. The molecule has 6 nitrogen and oxygen atoms in total. The minimum absolute atomic E-state index is 0.0432. The van der Waals surface area contributed by atoms with Crippen molar-refractivity contribution in [2.24, 2.45) is 5.16 Å². The van der Waals surface area contributed by atoms with E-state index in [0.717, 1.165) is 24.6 Å². The summed E-state index contributed by atoms with van der Waals surface area (Å²) in [6.07, 6.45) is 2.02. The summed E-state index contributed by atoms with van der Waals surface area (Å²) in [5.74, 6) is -2.05. The first-order valence-electron chi connectivity index (χ1n) is 6.20. The van der Waals surface area contributed by atoms with Crippen molar-refractivity contribution >= 4 is 21.9 Å². The smallest absolute Gasteiger partial charge is 0.229 e. The van der Waals surface area contributed by atoms with Gasteiger partial charge in [-0.25, -0.2) is 17.2 Å². The van der Waals surface area contributed by atoms with Gasteiger partial charge in [0.25, 0.3) is 0 Å². The van der Waals surface area contributed by atoms with Crippen molar-refractivity contribution in [2.45, 2.75) is 0 Å². The fourth-order valence-corrected chi connectivity index (χ4v) is 2.30. The molecule has 9 heteroatoms. The van der Waals surface area contributed by atoms with Crippen LogP contribution >= 0.6 is 0 Å². The van der Waals surface area contributed by atoms with Crippen molar-refractivity contribution in [3.8, 4) is 11.5 Å². The molecule has 0 aliphatic rings. The molecule has 2 N–H and O–H groups in total. The van der Waals surface area contributed by atoms with Gasteiger partial charge >= 0.3 is 0 Å². The molecule has 0 aliphatic heterocycles. The van der Waals surface area contributed by atoms with E-state index in [-0.39, 0.29) is 17.2 Å². The van der Waals surface area contributed by atoms with Crippen LogP contribution in [0.15, 0.2) is 41.6 Å². The third-order valence-corrected chi connectivity index (χ3v) is 3.21. The van der Waals surface area contributed by atoms with E-state index in [1.807, 2.05) is 0 Å². The first-order chi connectivity index (χ1) is 10.8. The summed E-state index contributed by atoms with van der Waals surface area (Å²) in [5.41, 5.74) is 0.426. The minimum atomic E-state index is -3.60.